The molecule has 1 N–H and O–H groups in total. The van der Waals surface area contributed by atoms with Gasteiger partial charge < -0.3 is 5.32 Å². The van der Waals surface area contributed by atoms with Crippen LogP contribution in [-0.2, 0) is 0 Å². The van der Waals surface area contributed by atoms with Gasteiger partial charge in [0.2, 0.25) is 0 Å². The van der Waals surface area contributed by atoms with Crippen molar-refractivity contribution >= 4 is 29.7 Å². The van der Waals surface area contributed by atoms with Gasteiger partial charge in [0.25, 0.3) is 0 Å². The molecule has 68 valence electrons. The summed E-state index contributed by atoms with van der Waals surface area (Å²) in [5.74, 6) is 0. The first-order valence-corrected chi connectivity index (χ1v) is 4.20. The van der Waals surface area contributed by atoms with Crippen molar-refractivity contribution in [3.8, 4) is 0 Å². The molecule has 0 radical (unpaired) electrons. The molecular formula is C10H11ClN2. The second kappa shape index (κ2) is 4.10. The molecule has 1 rings (SSSR count). The van der Waals surface area contributed by atoms with E-state index >= 15 is 0 Å². The molecule has 13 heavy (non-hydrogen) atoms. The third-order valence-electron chi connectivity index (χ3n) is 1.75. The Morgan fingerprint density at radius 2 is 2.23 bits per heavy atom. The number of anilines is 1. The third-order valence-corrected chi connectivity index (χ3v) is 1.99. The SMILES string of the molecule is C=NC(=C)c1cc(Cl)ccc1NC. The van der Waals surface area contributed by atoms with E-state index < -0.39 is 0 Å². The molecule has 2 nitrogen and oxygen atoms in total. The summed E-state index contributed by atoms with van der Waals surface area (Å²) in [5, 5.41) is 3.70. The molecule has 0 unspecified atom stereocenters. The molecule has 0 aliphatic carbocycles. The monoisotopic (exact) mass is 194 g/mol. The van der Waals surface area contributed by atoms with Gasteiger partial charge in [0.15, 0.2) is 0 Å². The first-order valence-electron chi connectivity index (χ1n) is 3.82. The Hall–Kier alpha value is -1.28. The van der Waals surface area contributed by atoms with E-state index in [2.05, 4.69) is 23.6 Å². The Morgan fingerprint density at radius 3 is 2.77 bits per heavy atom. The fraction of sp³-hybridized carbons (Fsp3) is 0.100. The topological polar surface area (TPSA) is 24.4 Å². The van der Waals surface area contributed by atoms with Gasteiger partial charge >= 0.3 is 0 Å². The maximum Gasteiger partial charge on any atom is 0.0644 e. The Morgan fingerprint density at radius 1 is 1.54 bits per heavy atom. The van der Waals surface area contributed by atoms with Gasteiger partial charge in [-0.2, -0.15) is 0 Å². The largest absolute Gasteiger partial charge is 0.388 e. The Bertz CT molecular complexity index is 345. The summed E-state index contributed by atoms with van der Waals surface area (Å²) < 4.78 is 0. The van der Waals surface area contributed by atoms with E-state index in [0.29, 0.717) is 10.7 Å². The Labute approximate surface area is 83.0 Å². The van der Waals surface area contributed by atoms with Crippen LogP contribution in [0.1, 0.15) is 5.56 Å². The highest BCUT2D eigenvalue weighted by Gasteiger charge is 2.03. The lowest BCUT2D eigenvalue weighted by Gasteiger charge is -2.08. The number of rotatable bonds is 3. The molecule has 1 aromatic rings. The van der Waals surface area contributed by atoms with Gasteiger partial charge in [-0.25, -0.2) is 0 Å². The number of halogens is 1. The van der Waals surface area contributed by atoms with Crippen molar-refractivity contribution in [3.05, 3.63) is 35.4 Å². The molecule has 0 atom stereocenters. The standard InChI is InChI=1S/C10H11ClN2/c1-7(12-2)9-6-8(11)4-5-10(9)13-3/h4-6,13H,1-2H2,3H3. The molecular weight excluding hydrogens is 184 g/mol. The van der Waals surface area contributed by atoms with Crippen molar-refractivity contribution in [1.82, 2.24) is 0 Å². The van der Waals surface area contributed by atoms with Gasteiger partial charge in [0.05, 0.1) is 5.70 Å². The summed E-state index contributed by atoms with van der Waals surface area (Å²) >= 11 is 5.84. The molecule has 0 bridgehead atoms. The van der Waals surface area contributed by atoms with Crippen LogP contribution in [0.25, 0.3) is 5.70 Å². The highest BCUT2D eigenvalue weighted by Crippen LogP contribution is 2.26. The third kappa shape index (κ3) is 2.10. The normalized spacial score (nSPS) is 9.38. The molecule has 1 aromatic carbocycles. The molecule has 3 heteroatoms. The second-order valence-corrected chi connectivity index (χ2v) is 2.98. The fourth-order valence-corrected chi connectivity index (χ4v) is 1.23. The maximum absolute atomic E-state index is 5.84. The number of nitrogens with one attached hydrogen (secondary N) is 1. The molecule has 0 aliphatic rings. The van der Waals surface area contributed by atoms with Crippen molar-refractivity contribution in [3.63, 3.8) is 0 Å². The van der Waals surface area contributed by atoms with Crippen LogP contribution in [0.2, 0.25) is 5.02 Å². The predicted octanol–water partition coefficient (Wildman–Crippen LogP) is 3.05. The van der Waals surface area contributed by atoms with Gasteiger partial charge in [-0.15, -0.1) is 0 Å². The molecule has 0 spiro atoms. The van der Waals surface area contributed by atoms with E-state index in [9.17, 15) is 0 Å². The number of hydrogen-bond acceptors (Lipinski definition) is 2. The smallest absolute Gasteiger partial charge is 0.0644 e. The van der Waals surface area contributed by atoms with Crippen LogP contribution >= 0.6 is 11.6 Å². The van der Waals surface area contributed by atoms with Crippen molar-refractivity contribution in [2.75, 3.05) is 12.4 Å². The summed E-state index contributed by atoms with van der Waals surface area (Å²) in [5.41, 5.74) is 2.44. The van der Waals surface area contributed by atoms with Crippen molar-refractivity contribution in [2.45, 2.75) is 0 Å². The van der Waals surface area contributed by atoms with E-state index in [1.54, 1.807) is 0 Å². The highest BCUT2D eigenvalue weighted by atomic mass is 35.5. The summed E-state index contributed by atoms with van der Waals surface area (Å²) in [6, 6.07) is 5.51. The van der Waals surface area contributed by atoms with E-state index in [-0.39, 0.29) is 0 Å². The second-order valence-electron chi connectivity index (χ2n) is 2.54. The fourth-order valence-electron chi connectivity index (χ4n) is 1.06. The van der Waals surface area contributed by atoms with Gasteiger partial charge in [0.1, 0.15) is 0 Å². The molecule has 0 fully saturated rings. The number of hydrogen-bond donors (Lipinski definition) is 1. The van der Waals surface area contributed by atoms with E-state index in [0.717, 1.165) is 11.3 Å². The minimum Gasteiger partial charge on any atom is -0.388 e. The summed E-state index contributed by atoms with van der Waals surface area (Å²) in [6.45, 7) is 7.19. The van der Waals surface area contributed by atoms with Crippen LogP contribution in [0.15, 0.2) is 29.8 Å². The lowest BCUT2D eigenvalue weighted by molar-refractivity contribution is 1.45. The van der Waals surface area contributed by atoms with E-state index in [1.807, 2.05) is 25.2 Å². The first kappa shape index (κ1) is 9.81. The molecule has 0 heterocycles. The molecule has 0 saturated carbocycles. The van der Waals surface area contributed by atoms with Gasteiger partial charge in [-0.1, -0.05) is 18.2 Å². The van der Waals surface area contributed by atoms with Crippen molar-refractivity contribution in [1.29, 1.82) is 0 Å². The van der Waals surface area contributed by atoms with Crippen molar-refractivity contribution in [2.24, 2.45) is 4.99 Å². The zero-order valence-electron chi connectivity index (χ0n) is 7.47. The van der Waals surface area contributed by atoms with Crippen LogP contribution in [0.3, 0.4) is 0 Å². The van der Waals surface area contributed by atoms with Gasteiger partial charge in [-0.05, 0) is 24.9 Å². The zero-order valence-corrected chi connectivity index (χ0v) is 8.23. The molecule has 0 aliphatic heterocycles. The number of nitrogens with zero attached hydrogens (tertiary/aromatic N) is 1. The average molecular weight is 195 g/mol. The summed E-state index contributed by atoms with van der Waals surface area (Å²) in [6.07, 6.45) is 0. The number of aliphatic imine (C=N–C) groups is 1. The lowest BCUT2D eigenvalue weighted by atomic mass is 10.1. The minimum atomic E-state index is 0.617. The number of benzene rings is 1. The predicted molar refractivity (Wildman–Crippen MR) is 59.6 cm³/mol. The maximum atomic E-state index is 5.84. The van der Waals surface area contributed by atoms with Crippen LogP contribution in [0.5, 0.6) is 0 Å². The van der Waals surface area contributed by atoms with E-state index in [1.165, 1.54) is 0 Å². The molecule has 0 saturated heterocycles. The highest BCUT2D eigenvalue weighted by molar-refractivity contribution is 6.30. The van der Waals surface area contributed by atoms with Gasteiger partial charge in [-0.3, -0.25) is 4.99 Å². The zero-order chi connectivity index (χ0) is 9.84. The summed E-state index contributed by atoms with van der Waals surface area (Å²) in [7, 11) is 1.84. The molecule has 0 aromatic heterocycles. The van der Waals surface area contributed by atoms with Crippen LogP contribution in [-0.4, -0.2) is 13.8 Å². The Balaban J connectivity index is 3.23. The first-order chi connectivity index (χ1) is 6.19. The Kier molecular flexibility index (Phi) is 3.09. The summed E-state index contributed by atoms with van der Waals surface area (Å²) in [4.78, 5) is 3.77. The van der Waals surface area contributed by atoms with Gasteiger partial charge in [0, 0.05) is 23.3 Å². The molecule has 0 amide bonds. The van der Waals surface area contributed by atoms with Crippen molar-refractivity contribution < 1.29 is 0 Å². The van der Waals surface area contributed by atoms with Crippen LogP contribution in [0, 0.1) is 0 Å². The quantitative estimate of drug-likeness (QED) is 0.735. The minimum absolute atomic E-state index is 0.617. The average Bonchev–Trinajstić information content (AvgIpc) is 2.16. The van der Waals surface area contributed by atoms with Crippen LogP contribution < -0.4 is 5.32 Å². The lowest BCUT2D eigenvalue weighted by Crippen LogP contribution is -1.93. The van der Waals surface area contributed by atoms with E-state index in [4.69, 9.17) is 11.6 Å². The van der Waals surface area contributed by atoms with Crippen LogP contribution in [0.4, 0.5) is 5.69 Å².